The summed E-state index contributed by atoms with van der Waals surface area (Å²) in [5, 5.41) is 3.36. The number of hydrogen-bond acceptors (Lipinski definition) is 3. The Bertz CT molecular complexity index is 255. The summed E-state index contributed by atoms with van der Waals surface area (Å²) in [6.45, 7) is 3.46. The quantitative estimate of drug-likeness (QED) is 0.815. The third kappa shape index (κ3) is 3.38. The zero-order valence-corrected chi connectivity index (χ0v) is 11.7. The summed E-state index contributed by atoms with van der Waals surface area (Å²) < 4.78 is 0.433. The van der Waals surface area contributed by atoms with Crippen LogP contribution in [0.2, 0.25) is 0 Å². The molecule has 1 amide bonds. The lowest BCUT2D eigenvalue weighted by Crippen LogP contribution is -2.47. The Kier molecular flexibility index (Phi) is 4.74. The second-order valence-electron chi connectivity index (χ2n) is 5.29. The maximum absolute atomic E-state index is 11.9. The summed E-state index contributed by atoms with van der Waals surface area (Å²) in [5.41, 5.74) is 0. The van der Waals surface area contributed by atoms with Crippen molar-refractivity contribution < 1.29 is 4.79 Å². The van der Waals surface area contributed by atoms with Gasteiger partial charge >= 0.3 is 0 Å². The van der Waals surface area contributed by atoms with Gasteiger partial charge in [-0.2, -0.15) is 11.8 Å². The molecule has 0 unspecified atom stereocenters. The fourth-order valence-electron chi connectivity index (χ4n) is 2.68. The molecule has 1 aliphatic carbocycles. The van der Waals surface area contributed by atoms with Gasteiger partial charge in [0.05, 0.1) is 6.54 Å². The molecule has 2 rings (SSSR count). The van der Waals surface area contributed by atoms with Gasteiger partial charge < -0.3 is 10.2 Å². The molecular formula is C13H24N2OS. The fourth-order valence-corrected chi connectivity index (χ4v) is 3.62. The highest BCUT2D eigenvalue weighted by molar-refractivity contribution is 8.00. The summed E-state index contributed by atoms with van der Waals surface area (Å²) in [4.78, 5) is 14.0. The maximum Gasteiger partial charge on any atom is 0.236 e. The van der Waals surface area contributed by atoms with E-state index in [0.29, 0.717) is 17.2 Å². The van der Waals surface area contributed by atoms with Crippen molar-refractivity contribution in [3.05, 3.63) is 0 Å². The zero-order valence-electron chi connectivity index (χ0n) is 10.8. The van der Waals surface area contributed by atoms with Gasteiger partial charge in [-0.05, 0) is 38.4 Å². The molecule has 0 aromatic heterocycles. The first-order chi connectivity index (χ1) is 8.26. The van der Waals surface area contributed by atoms with Crippen LogP contribution in [0.4, 0.5) is 0 Å². The molecule has 0 bridgehead atoms. The zero-order chi connectivity index (χ0) is 12.1. The molecule has 98 valence electrons. The lowest BCUT2D eigenvalue weighted by atomic mass is 9.84. The van der Waals surface area contributed by atoms with Crippen LogP contribution in [0, 0.1) is 0 Å². The number of carbonyl (C=O) groups is 1. The molecule has 1 N–H and O–H groups in total. The topological polar surface area (TPSA) is 32.3 Å². The van der Waals surface area contributed by atoms with E-state index in [2.05, 4.69) is 11.6 Å². The van der Waals surface area contributed by atoms with E-state index in [-0.39, 0.29) is 0 Å². The monoisotopic (exact) mass is 256 g/mol. The Labute approximate surface area is 109 Å². The number of nitrogens with zero attached hydrogens (tertiary/aromatic N) is 1. The molecule has 2 fully saturated rings. The van der Waals surface area contributed by atoms with Crippen LogP contribution >= 0.6 is 11.8 Å². The number of amides is 1. The van der Waals surface area contributed by atoms with E-state index in [1.54, 1.807) is 0 Å². The molecule has 1 heterocycles. The van der Waals surface area contributed by atoms with E-state index in [1.165, 1.54) is 38.5 Å². The lowest BCUT2D eigenvalue weighted by Gasteiger charge is -2.40. The second kappa shape index (κ2) is 6.10. The molecule has 4 heteroatoms. The normalized spacial score (nSPS) is 23.2. The van der Waals surface area contributed by atoms with Gasteiger partial charge in [-0.1, -0.05) is 6.42 Å². The van der Waals surface area contributed by atoms with E-state index in [1.807, 2.05) is 16.7 Å². The minimum Gasteiger partial charge on any atom is -0.342 e. The molecule has 17 heavy (non-hydrogen) atoms. The summed E-state index contributed by atoms with van der Waals surface area (Å²) in [7, 11) is 0. The van der Waals surface area contributed by atoms with Crippen LogP contribution in [0.1, 0.15) is 38.5 Å². The van der Waals surface area contributed by atoms with Crippen molar-refractivity contribution in [2.45, 2.75) is 43.3 Å². The summed E-state index contributed by atoms with van der Waals surface area (Å²) >= 11 is 1.96. The van der Waals surface area contributed by atoms with Crippen LogP contribution in [-0.2, 0) is 4.79 Å². The van der Waals surface area contributed by atoms with E-state index in [4.69, 9.17) is 0 Å². The van der Waals surface area contributed by atoms with Crippen LogP contribution in [-0.4, -0.2) is 48.0 Å². The molecule has 0 aromatic carbocycles. The molecule has 0 atom stereocenters. The van der Waals surface area contributed by atoms with E-state index in [9.17, 15) is 4.79 Å². The average Bonchev–Trinajstić information content (AvgIpc) is 2.33. The largest absolute Gasteiger partial charge is 0.342 e. The van der Waals surface area contributed by atoms with Crippen LogP contribution in [0.25, 0.3) is 0 Å². The highest BCUT2D eigenvalue weighted by atomic mass is 32.2. The van der Waals surface area contributed by atoms with Crippen LogP contribution in [0.5, 0.6) is 0 Å². The minimum atomic E-state index is 0.292. The van der Waals surface area contributed by atoms with Crippen molar-refractivity contribution in [3.8, 4) is 0 Å². The lowest BCUT2D eigenvalue weighted by molar-refractivity contribution is -0.131. The van der Waals surface area contributed by atoms with Gasteiger partial charge in [0.25, 0.3) is 0 Å². The SMILES string of the molecule is CSC1(CNCC(=O)N2CCCCC2)CCC1. The van der Waals surface area contributed by atoms with Gasteiger partial charge in [-0.15, -0.1) is 0 Å². The molecule has 1 saturated heterocycles. The molecular weight excluding hydrogens is 232 g/mol. The Balaban J connectivity index is 1.65. The van der Waals surface area contributed by atoms with Gasteiger partial charge in [0.2, 0.25) is 5.91 Å². The van der Waals surface area contributed by atoms with E-state index >= 15 is 0 Å². The van der Waals surface area contributed by atoms with Gasteiger partial charge in [0.15, 0.2) is 0 Å². The first kappa shape index (κ1) is 13.2. The number of hydrogen-bond donors (Lipinski definition) is 1. The summed E-state index contributed by atoms with van der Waals surface area (Å²) in [6.07, 6.45) is 9.79. The van der Waals surface area contributed by atoms with Gasteiger partial charge in [-0.25, -0.2) is 0 Å². The van der Waals surface area contributed by atoms with Gasteiger partial charge in [-0.3, -0.25) is 4.79 Å². The van der Waals surface area contributed by atoms with Crippen molar-refractivity contribution in [3.63, 3.8) is 0 Å². The third-order valence-electron chi connectivity index (χ3n) is 4.13. The maximum atomic E-state index is 11.9. The van der Waals surface area contributed by atoms with Gasteiger partial charge in [0.1, 0.15) is 0 Å². The molecule has 0 radical (unpaired) electrons. The molecule has 3 nitrogen and oxygen atoms in total. The minimum absolute atomic E-state index is 0.292. The molecule has 0 spiro atoms. The third-order valence-corrected chi connectivity index (χ3v) is 5.55. The Morgan fingerprint density at radius 3 is 2.47 bits per heavy atom. The van der Waals surface area contributed by atoms with Crippen LogP contribution in [0.15, 0.2) is 0 Å². The predicted molar refractivity (Wildman–Crippen MR) is 73.4 cm³/mol. The van der Waals surface area contributed by atoms with Crippen molar-refractivity contribution in [1.29, 1.82) is 0 Å². The highest BCUT2D eigenvalue weighted by Crippen LogP contribution is 2.42. The number of carbonyl (C=O) groups excluding carboxylic acids is 1. The first-order valence-corrected chi connectivity index (χ1v) is 8.02. The Morgan fingerprint density at radius 2 is 1.94 bits per heavy atom. The van der Waals surface area contributed by atoms with Crippen molar-refractivity contribution in [1.82, 2.24) is 10.2 Å². The first-order valence-electron chi connectivity index (χ1n) is 6.79. The molecule has 1 saturated carbocycles. The summed E-state index contributed by atoms with van der Waals surface area (Å²) in [5.74, 6) is 0.292. The average molecular weight is 256 g/mol. The number of thioether (sulfide) groups is 1. The number of rotatable bonds is 5. The molecule has 1 aliphatic heterocycles. The number of likely N-dealkylation sites (tertiary alicyclic amines) is 1. The predicted octanol–water partition coefficient (Wildman–Crippen LogP) is 1.87. The standard InChI is InChI=1S/C13H24N2OS/c1-17-13(6-5-7-13)11-14-10-12(16)15-8-3-2-4-9-15/h14H,2-11H2,1H3. The van der Waals surface area contributed by atoms with Gasteiger partial charge in [0, 0.05) is 24.4 Å². The highest BCUT2D eigenvalue weighted by Gasteiger charge is 2.35. The fraction of sp³-hybridized carbons (Fsp3) is 0.923. The molecule has 2 aliphatic rings. The smallest absolute Gasteiger partial charge is 0.236 e. The Morgan fingerprint density at radius 1 is 1.24 bits per heavy atom. The van der Waals surface area contributed by atoms with Crippen molar-refractivity contribution >= 4 is 17.7 Å². The molecule has 0 aromatic rings. The van der Waals surface area contributed by atoms with Crippen molar-refractivity contribution in [2.24, 2.45) is 0 Å². The number of nitrogens with one attached hydrogen (secondary N) is 1. The van der Waals surface area contributed by atoms with E-state index < -0.39 is 0 Å². The second-order valence-corrected chi connectivity index (χ2v) is 6.56. The van der Waals surface area contributed by atoms with E-state index in [0.717, 1.165) is 19.6 Å². The van der Waals surface area contributed by atoms with Crippen LogP contribution < -0.4 is 5.32 Å². The number of piperidine rings is 1. The van der Waals surface area contributed by atoms with Crippen LogP contribution in [0.3, 0.4) is 0 Å². The summed E-state index contributed by atoms with van der Waals surface area (Å²) in [6, 6.07) is 0. The van der Waals surface area contributed by atoms with Crippen molar-refractivity contribution in [2.75, 3.05) is 32.4 Å². The Hall–Kier alpha value is -0.220.